The molecular formula is C30H45N3O6. The summed E-state index contributed by atoms with van der Waals surface area (Å²) in [6.45, 7) is 10.7. The van der Waals surface area contributed by atoms with E-state index in [4.69, 9.17) is 9.47 Å². The summed E-state index contributed by atoms with van der Waals surface area (Å²) in [5.74, 6) is 0. The molecular weight excluding hydrogens is 498 g/mol. The van der Waals surface area contributed by atoms with Crippen LogP contribution < -0.4 is 16.0 Å². The molecule has 3 atom stereocenters. The van der Waals surface area contributed by atoms with Gasteiger partial charge in [-0.05, 0) is 59.1 Å². The number of hydrogen-bond acceptors (Lipinski definition) is 7. The number of alkyl carbamates (subject to hydrolysis) is 2. The number of aliphatic hydroxyl groups excluding tert-OH is 1. The number of benzene rings is 2. The van der Waals surface area contributed by atoms with Crippen LogP contribution in [0.1, 0.15) is 52.7 Å². The van der Waals surface area contributed by atoms with E-state index in [0.717, 1.165) is 11.1 Å². The summed E-state index contributed by atoms with van der Waals surface area (Å²) in [4.78, 5) is 24.7. The zero-order valence-electron chi connectivity index (χ0n) is 24.0. The predicted octanol–water partition coefficient (Wildman–Crippen LogP) is 3.57. The van der Waals surface area contributed by atoms with Crippen molar-refractivity contribution in [2.45, 2.75) is 83.3 Å². The Morgan fingerprint density at radius 2 is 1.31 bits per heavy atom. The lowest BCUT2D eigenvalue weighted by molar-refractivity contribution is 0.0205. The highest BCUT2D eigenvalue weighted by Crippen LogP contribution is 2.15. The van der Waals surface area contributed by atoms with E-state index < -0.39 is 41.1 Å². The average Bonchev–Trinajstić information content (AvgIpc) is 2.81. The Labute approximate surface area is 232 Å². The molecule has 2 aromatic carbocycles. The van der Waals surface area contributed by atoms with Gasteiger partial charge in [-0.1, -0.05) is 60.7 Å². The first kappa shape index (κ1) is 32.1. The number of carbonyl (C=O) groups excluding carboxylic acids is 2. The zero-order chi connectivity index (χ0) is 29.1. The highest BCUT2D eigenvalue weighted by atomic mass is 16.6. The number of ether oxygens (including phenoxy) is 2. The van der Waals surface area contributed by atoms with Crippen molar-refractivity contribution in [1.29, 1.82) is 0 Å². The van der Waals surface area contributed by atoms with Crippen LogP contribution in [0.25, 0.3) is 0 Å². The highest BCUT2D eigenvalue weighted by Gasteiger charge is 2.30. The fourth-order valence-corrected chi connectivity index (χ4v) is 3.92. The van der Waals surface area contributed by atoms with Gasteiger partial charge in [0, 0.05) is 19.5 Å². The SMILES string of the molecule is CC(C)(C)OC(=O)NCC(O)(CNC[C@@H](O)[C@H](Cc1ccccc1)NC(=O)OC(C)(C)C)Cc1ccccc1. The number of rotatable bonds is 12. The first-order valence-electron chi connectivity index (χ1n) is 13.3. The summed E-state index contributed by atoms with van der Waals surface area (Å²) >= 11 is 0. The predicted molar refractivity (Wildman–Crippen MR) is 152 cm³/mol. The molecule has 2 amide bonds. The molecule has 0 bridgehead atoms. The largest absolute Gasteiger partial charge is 0.444 e. The van der Waals surface area contributed by atoms with Gasteiger partial charge in [-0.3, -0.25) is 0 Å². The van der Waals surface area contributed by atoms with Crippen LogP contribution in [0.2, 0.25) is 0 Å². The summed E-state index contributed by atoms with van der Waals surface area (Å²) in [7, 11) is 0. The van der Waals surface area contributed by atoms with Crippen molar-refractivity contribution in [2.75, 3.05) is 19.6 Å². The van der Waals surface area contributed by atoms with Crippen LogP contribution in [0, 0.1) is 0 Å². The lowest BCUT2D eigenvalue weighted by Gasteiger charge is -2.31. The van der Waals surface area contributed by atoms with Gasteiger partial charge in [0.05, 0.1) is 24.3 Å². The summed E-state index contributed by atoms with van der Waals surface area (Å²) in [6, 6.07) is 18.3. The number of hydrogen-bond donors (Lipinski definition) is 5. The van der Waals surface area contributed by atoms with Crippen molar-refractivity contribution in [1.82, 2.24) is 16.0 Å². The van der Waals surface area contributed by atoms with Gasteiger partial charge in [-0.25, -0.2) is 9.59 Å². The monoisotopic (exact) mass is 543 g/mol. The Balaban J connectivity index is 2.07. The summed E-state index contributed by atoms with van der Waals surface area (Å²) < 4.78 is 10.7. The van der Waals surface area contributed by atoms with Crippen LogP contribution in [0.5, 0.6) is 0 Å². The fourth-order valence-electron chi connectivity index (χ4n) is 3.92. The van der Waals surface area contributed by atoms with Crippen molar-refractivity contribution in [3.05, 3.63) is 71.8 Å². The van der Waals surface area contributed by atoms with E-state index in [1.54, 1.807) is 41.5 Å². The minimum Gasteiger partial charge on any atom is -0.444 e. The summed E-state index contributed by atoms with van der Waals surface area (Å²) in [5, 5.41) is 31.1. The Morgan fingerprint density at radius 3 is 1.85 bits per heavy atom. The first-order valence-corrected chi connectivity index (χ1v) is 13.3. The molecule has 1 unspecified atom stereocenters. The number of amides is 2. The lowest BCUT2D eigenvalue weighted by atomic mass is 9.94. The van der Waals surface area contributed by atoms with E-state index in [9.17, 15) is 19.8 Å². The normalized spacial score (nSPS) is 15.0. The Morgan fingerprint density at radius 1 is 0.795 bits per heavy atom. The topological polar surface area (TPSA) is 129 Å². The molecule has 5 N–H and O–H groups in total. The molecule has 0 saturated carbocycles. The Kier molecular flexibility index (Phi) is 11.8. The Bertz CT molecular complexity index is 1020. The minimum atomic E-state index is -1.37. The quantitative estimate of drug-likeness (QED) is 0.277. The lowest BCUT2D eigenvalue weighted by Crippen LogP contribution is -2.55. The van der Waals surface area contributed by atoms with Gasteiger partial charge in [0.2, 0.25) is 0 Å². The highest BCUT2D eigenvalue weighted by molar-refractivity contribution is 5.68. The molecule has 0 saturated heterocycles. The molecule has 2 rings (SSSR count). The number of aliphatic hydroxyl groups is 2. The van der Waals surface area contributed by atoms with Crippen LogP contribution in [0.4, 0.5) is 9.59 Å². The number of nitrogens with one attached hydrogen (secondary N) is 3. The smallest absolute Gasteiger partial charge is 0.407 e. The average molecular weight is 544 g/mol. The van der Waals surface area contributed by atoms with E-state index in [1.165, 1.54) is 0 Å². The van der Waals surface area contributed by atoms with Crippen molar-refractivity contribution < 1.29 is 29.3 Å². The molecule has 9 heteroatoms. The maximum absolute atomic E-state index is 12.5. The van der Waals surface area contributed by atoms with Crippen LogP contribution in [0.3, 0.4) is 0 Å². The van der Waals surface area contributed by atoms with Gasteiger partial charge >= 0.3 is 12.2 Å². The fraction of sp³-hybridized carbons (Fsp3) is 0.533. The molecule has 0 spiro atoms. The van der Waals surface area contributed by atoms with E-state index in [2.05, 4.69) is 16.0 Å². The molecule has 39 heavy (non-hydrogen) atoms. The Hall–Kier alpha value is -3.14. The molecule has 0 radical (unpaired) electrons. The van der Waals surface area contributed by atoms with E-state index >= 15 is 0 Å². The van der Waals surface area contributed by atoms with Crippen molar-refractivity contribution in [3.8, 4) is 0 Å². The third kappa shape index (κ3) is 13.5. The minimum absolute atomic E-state index is 0.0660. The summed E-state index contributed by atoms with van der Waals surface area (Å²) in [5.41, 5.74) is -0.883. The molecule has 0 aromatic heterocycles. The second-order valence-electron chi connectivity index (χ2n) is 11.9. The van der Waals surface area contributed by atoms with Crippen LogP contribution in [-0.2, 0) is 22.3 Å². The molecule has 0 aliphatic rings. The van der Waals surface area contributed by atoms with Crippen molar-refractivity contribution in [3.63, 3.8) is 0 Å². The van der Waals surface area contributed by atoms with Gasteiger partial charge in [0.1, 0.15) is 11.2 Å². The zero-order valence-corrected chi connectivity index (χ0v) is 24.0. The van der Waals surface area contributed by atoms with Gasteiger partial charge in [0.25, 0.3) is 0 Å². The van der Waals surface area contributed by atoms with Crippen LogP contribution >= 0.6 is 0 Å². The first-order chi connectivity index (χ1) is 18.1. The van der Waals surface area contributed by atoms with Crippen LogP contribution in [-0.4, -0.2) is 71.0 Å². The van der Waals surface area contributed by atoms with E-state index in [-0.39, 0.29) is 26.1 Å². The van der Waals surface area contributed by atoms with Gasteiger partial charge in [-0.2, -0.15) is 0 Å². The van der Waals surface area contributed by atoms with Crippen molar-refractivity contribution >= 4 is 12.2 Å². The third-order valence-electron chi connectivity index (χ3n) is 5.61. The van der Waals surface area contributed by atoms with E-state index in [0.29, 0.717) is 6.42 Å². The van der Waals surface area contributed by atoms with Gasteiger partial charge < -0.3 is 35.6 Å². The molecule has 0 aliphatic heterocycles. The molecule has 0 aliphatic carbocycles. The van der Waals surface area contributed by atoms with Crippen LogP contribution in [0.15, 0.2) is 60.7 Å². The van der Waals surface area contributed by atoms with Gasteiger partial charge in [-0.15, -0.1) is 0 Å². The summed E-state index contributed by atoms with van der Waals surface area (Å²) in [6.07, 6.45) is -1.59. The molecule has 9 nitrogen and oxygen atoms in total. The maximum Gasteiger partial charge on any atom is 0.407 e. The second-order valence-corrected chi connectivity index (χ2v) is 11.9. The second kappa shape index (κ2) is 14.3. The van der Waals surface area contributed by atoms with E-state index in [1.807, 2.05) is 60.7 Å². The molecule has 0 fully saturated rings. The van der Waals surface area contributed by atoms with Crippen molar-refractivity contribution in [2.24, 2.45) is 0 Å². The third-order valence-corrected chi connectivity index (χ3v) is 5.61. The maximum atomic E-state index is 12.5. The molecule has 0 heterocycles. The molecule has 2 aromatic rings. The van der Waals surface area contributed by atoms with Gasteiger partial charge in [0.15, 0.2) is 0 Å². The molecule has 216 valence electrons. The standard InChI is InChI=1S/C30H45N3O6/c1-28(2,3)38-26(35)32-21-30(37,18-23-15-11-8-12-16-23)20-31-19-25(34)24(17-22-13-9-7-10-14-22)33-27(36)39-29(4,5)6/h7-16,24-25,31,34,37H,17-21H2,1-6H3,(H,32,35)(H,33,36)/t24-,25+,30?/m0/s1. The number of carbonyl (C=O) groups is 2.